The molecule has 1 saturated carbocycles. The molecule has 1 aliphatic carbocycles. The van der Waals surface area contributed by atoms with Crippen molar-refractivity contribution in [2.24, 2.45) is 0 Å². The lowest BCUT2D eigenvalue weighted by atomic mass is 10.1. The van der Waals surface area contributed by atoms with E-state index < -0.39 is 0 Å². The number of methoxy groups -OCH3 is 1. The van der Waals surface area contributed by atoms with Crippen LogP contribution in [0.4, 0.5) is 0 Å². The van der Waals surface area contributed by atoms with Gasteiger partial charge in [0.15, 0.2) is 0 Å². The molecule has 0 heterocycles. The fourth-order valence-corrected chi connectivity index (χ4v) is 1.57. The van der Waals surface area contributed by atoms with Gasteiger partial charge in [0, 0.05) is 0 Å². The van der Waals surface area contributed by atoms with Crippen LogP contribution in [0.15, 0.2) is 18.2 Å². The summed E-state index contributed by atoms with van der Waals surface area (Å²) in [6, 6.07) is 6.50. The van der Waals surface area contributed by atoms with Gasteiger partial charge in [0.1, 0.15) is 5.75 Å². The first kappa shape index (κ1) is 7.66. The van der Waals surface area contributed by atoms with Gasteiger partial charge in [-0.1, -0.05) is 12.1 Å². The molecule has 0 N–H and O–H groups in total. The van der Waals surface area contributed by atoms with E-state index in [-0.39, 0.29) is 0 Å². The second-order valence-electron chi connectivity index (χ2n) is 3.50. The van der Waals surface area contributed by atoms with E-state index in [1.54, 1.807) is 7.11 Å². The number of ether oxygens (including phenoxy) is 1. The molecule has 0 aromatic heterocycles. The first-order valence-corrected chi connectivity index (χ1v) is 4.46. The number of aryl methyl sites for hydroxylation is 1. The quantitative estimate of drug-likeness (QED) is 0.649. The summed E-state index contributed by atoms with van der Waals surface area (Å²) in [6.07, 6.45) is 2.73. The van der Waals surface area contributed by atoms with Crippen molar-refractivity contribution in [2.75, 3.05) is 7.11 Å². The minimum atomic E-state index is 0.842. The van der Waals surface area contributed by atoms with Crippen molar-refractivity contribution >= 4 is 0 Å². The Bertz CT molecular complexity index is 287. The molecular weight excluding hydrogens is 148 g/mol. The summed E-state index contributed by atoms with van der Waals surface area (Å²) in [6.45, 7) is 2.10. The minimum Gasteiger partial charge on any atom is -0.496 e. The lowest BCUT2D eigenvalue weighted by molar-refractivity contribution is 0.411. The molecular formula is C11H14O. The molecule has 1 aliphatic rings. The third-order valence-electron chi connectivity index (χ3n) is 2.47. The molecule has 1 aromatic rings. The van der Waals surface area contributed by atoms with Gasteiger partial charge in [0.25, 0.3) is 0 Å². The minimum absolute atomic E-state index is 0.842. The third kappa shape index (κ3) is 1.31. The molecule has 2 rings (SSSR count). The molecule has 0 unspecified atom stereocenters. The fraction of sp³-hybridized carbons (Fsp3) is 0.455. The highest BCUT2D eigenvalue weighted by Gasteiger charge is 2.23. The van der Waals surface area contributed by atoms with Crippen molar-refractivity contribution in [3.8, 4) is 5.75 Å². The highest BCUT2D eigenvalue weighted by molar-refractivity contribution is 5.38. The van der Waals surface area contributed by atoms with E-state index in [2.05, 4.69) is 25.1 Å². The van der Waals surface area contributed by atoms with Crippen LogP contribution in [0.2, 0.25) is 0 Å². The van der Waals surface area contributed by atoms with Gasteiger partial charge < -0.3 is 4.74 Å². The Morgan fingerprint density at radius 1 is 1.33 bits per heavy atom. The summed E-state index contributed by atoms with van der Waals surface area (Å²) in [7, 11) is 1.72. The molecule has 12 heavy (non-hydrogen) atoms. The fourth-order valence-electron chi connectivity index (χ4n) is 1.57. The molecule has 0 saturated heterocycles. The highest BCUT2D eigenvalue weighted by Crippen LogP contribution is 2.41. The maximum absolute atomic E-state index is 5.20. The standard InChI is InChI=1S/C11H14O/c1-8-7-10(9-3-4-9)5-6-11(8)12-2/h5-7,9H,3-4H2,1-2H3. The smallest absolute Gasteiger partial charge is 0.121 e. The van der Waals surface area contributed by atoms with E-state index in [0.717, 1.165) is 11.7 Å². The Hall–Kier alpha value is -0.980. The van der Waals surface area contributed by atoms with Crippen molar-refractivity contribution in [1.82, 2.24) is 0 Å². The van der Waals surface area contributed by atoms with Crippen LogP contribution in [0.3, 0.4) is 0 Å². The Morgan fingerprint density at radius 2 is 2.08 bits per heavy atom. The van der Waals surface area contributed by atoms with E-state index in [4.69, 9.17) is 4.74 Å². The molecule has 0 atom stereocenters. The van der Waals surface area contributed by atoms with Gasteiger partial charge in [-0.15, -0.1) is 0 Å². The zero-order valence-corrected chi connectivity index (χ0v) is 7.63. The summed E-state index contributed by atoms with van der Waals surface area (Å²) in [4.78, 5) is 0. The summed E-state index contributed by atoms with van der Waals surface area (Å²) >= 11 is 0. The normalized spacial score (nSPS) is 16.2. The first-order chi connectivity index (χ1) is 5.81. The number of hydrogen-bond donors (Lipinski definition) is 0. The largest absolute Gasteiger partial charge is 0.496 e. The average molecular weight is 162 g/mol. The van der Waals surface area contributed by atoms with Crippen LogP contribution in [0.5, 0.6) is 5.75 Å². The van der Waals surface area contributed by atoms with Crippen LogP contribution in [-0.2, 0) is 0 Å². The SMILES string of the molecule is COc1ccc(C2CC2)cc1C. The molecule has 0 amide bonds. The maximum Gasteiger partial charge on any atom is 0.121 e. The molecule has 0 bridgehead atoms. The van der Waals surface area contributed by atoms with Crippen LogP contribution < -0.4 is 4.74 Å². The van der Waals surface area contributed by atoms with Crippen molar-refractivity contribution in [3.63, 3.8) is 0 Å². The van der Waals surface area contributed by atoms with Gasteiger partial charge in [0.2, 0.25) is 0 Å². The first-order valence-electron chi connectivity index (χ1n) is 4.46. The van der Waals surface area contributed by atoms with E-state index in [9.17, 15) is 0 Å². The molecule has 1 aromatic carbocycles. The number of hydrogen-bond acceptors (Lipinski definition) is 1. The Morgan fingerprint density at radius 3 is 2.58 bits per heavy atom. The number of benzene rings is 1. The third-order valence-corrected chi connectivity index (χ3v) is 2.47. The monoisotopic (exact) mass is 162 g/mol. The Balaban J connectivity index is 2.30. The van der Waals surface area contributed by atoms with Crippen LogP contribution >= 0.6 is 0 Å². The molecule has 0 spiro atoms. The predicted molar refractivity (Wildman–Crippen MR) is 49.7 cm³/mol. The lowest BCUT2D eigenvalue weighted by Crippen LogP contribution is -1.88. The summed E-state index contributed by atoms with van der Waals surface area (Å²) in [5.74, 6) is 1.84. The van der Waals surface area contributed by atoms with E-state index in [0.29, 0.717) is 0 Å². The van der Waals surface area contributed by atoms with Gasteiger partial charge in [0.05, 0.1) is 7.11 Å². The zero-order chi connectivity index (χ0) is 8.55. The second-order valence-corrected chi connectivity index (χ2v) is 3.50. The number of rotatable bonds is 2. The van der Waals surface area contributed by atoms with E-state index >= 15 is 0 Å². The summed E-state index contributed by atoms with van der Waals surface area (Å²) < 4.78 is 5.20. The average Bonchev–Trinajstić information content (AvgIpc) is 2.86. The van der Waals surface area contributed by atoms with Crippen molar-refractivity contribution in [2.45, 2.75) is 25.7 Å². The molecule has 1 heteroatoms. The highest BCUT2D eigenvalue weighted by atomic mass is 16.5. The van der Waals surface area contributed by atoms with Crippen molar-refractivity contribution in [1.29, 1.82) is 0 Å². The Labute approximate surface area is 73.4 Å². The van der Waals surface area contributed by atoms with Crippen LogP contribution in [0.1, 0.15) is 29.9 Å². The maximum atomic E-state index is 5.20. The van der Waals surface area contributed by atoms with Gasteiger partial charge >= 0.3 is 0 Å². The van der Waals surface area contributed by atoms with Gasteiger partial charge in [-0.2, -0.15) is 0 Å². The zero-order valence-electron chi connectivity index (χ0n) is 7.63. The van der Waals surface area contributed by atoms with Gasteiger partial charge in [-0.3, -0.25) is 0 Å². The van der Waals surface area contributed by atoms with Crippen LogP contribution in [0.25, 0.3) is 0 Å². The molecule has 64 valence electrons. The lowest BCUT2D eigenvalue weighted by Gasteiger charge is -2.05. The Kier molecular flexibility index (Phi) is 1.80. The summed E-state index contributed by atoms with van der Waals surface area (Å²) in [5, 5.41) is 0. The van der Waals surface area contributed by atoms with Crippen molar-refractivity contribution in [3.05, 3.63) is 29.3 Å². The van der Waals surface area contributed by atoms with Crippen molar-refractivity contribution < 1.29 is 4.74 Å². The molecule has 1 fully saturated rings. The van der Waals surface area contributed by atoms with Crippen LogP contribution in [-0.4, -0.2) is 7.11 Å². The molecule has 1 nitrogen and oxygen atoms in total. The van der Waals surface area contributed by atoms with Crippen LogP contribution in [0, 0.1) is 6.92 Å². The molecule has 0 aliphatic heterocycles. The second kappa shape index (κ2) is 2.81. The van der Waals surface area contributed by atoms with Gasteiger partial charge in [-0.25, -0.2) is 0 Å². The van der Waals surface area contributed by atoms with E-state index in [1.165, 1.54) is 24.0 Å². The molecule has 0 radical (unpaired) electrons. The predicted octanol–water partition coefficient (Wildman–Crippen LogP) is 2.88. The van der Waals surface area contributed by atoms with E-state index in [1.807, 2.05) is 0 Å². The topological polar surface area (TPSA) is 9.23 Å². The van der Waals surface area contributed by atoms with Gasteiger partial charge in [-0.05, 0) is 42.9 Å². The summed E-state index contributed by atoms with van der Waals surface area (Å²) in [5.41, 5.74) is 2.73.